The number of hydrogen-bond donors (Lipinski definition) is 2. The van der Waals surface area contributed by atoms with Crippen LogP contribution in [0, 0.1) is 6.92 Å². The molecule has 0 saturated carbocycles. The first kappa shape index (κ1) is 15.6. The van der Waals surface area contributed by atoms with Crippen molar-refractivity contribution in [1.82, 2.24) is 15.2 Å². The van der Waals surface area contributed by atoms with Crippen LogP contribution in [-0.4, -0.2) is 53.4 Å². The molecule has 7 heteroatoms. The minimum absolute atomic E-state index is 0.0644. The van der Waals surface area contributed by atoms with Gasteiger partial charge in [0.1, 0.15) is 5.69 Å². The fourth-order valence-electron chi connectivity index (χ4n) is 1.60. The second kappa shape index (κ2) is 6.65. The summed E-state index contributed by atoms with van der Waals surface area (Å²) in [7, 11) is 3.09. The number of pyridine rings is 1. The highest BCUT2D eigenvalue weighted by atomic mass is 16.4. The predicted octanol–water partition coefficient (Wildman–Crippen LogP) is 0.296. The summed E-state index contributed by atoms with van der Waals surface area (Å²) < 4.78 is 0. The molecule has 0 radical (unpaired) electrons. The van der Waals surface area contributed by atoms with Gasteiger partial charge in [-0.25, -0.2) is 9.78 Å². The standard InChI is InChI=1S/C13H17N3O4/c1-8-9(13(19)20)4-5-10(15-8)12(18)16(3)7-6-11(17)14-2/h4-5H,6-7H2,1-3H3,(H,14,17)(H,19,20). The fraction of sp³-hybridized carbons (Fsp3) is 0.385. The maximum Gasteiger partial charge on any atom is 0.337 e. The number of aromatic carboxylic acids is 1. The van der Waals surface area contributed by atoms with E-state index in [4.69, 9.17) is 5.11 Å². The molecule has 0 aromatic carbocycles. The lowest BCUT2D eigenvalue weighted by atomic mass is 10.2. The third-order valence-electron chi connectivity index (χ3n) is 2.84. The first-order valence-electron chi connectivity index (χ1n) is 6.03. The number of nitrogens with zero attached hydrogens (tertiary/aromatic N) is 2. The van der Waals surface area contributed by atoms with Gasteiger partial charge in [-0.3, -0.25) is 9.59 Å². The number of carbonyl (C=O) groups is 3. The molecule has 0 unspecified atom stereocenters. The molecular formula is C13H17N3O4. The minimum atomic E-state index is -1.08. The normalized spacial score (nSPS) is 9.95. The zero-order valence-electron chi connectivity index (χ0n) is 11.6. The summed E-state index contributed by atoms with van der Waals surface area (Å²) in [6.45, 7) is 1.80. The number of carboxylic acids is 1. The quantitative estimate of drug-likeness (QED) is 0.807. The van der Waals surface area contributed by atoms with Crippen LogP contribution in [-0.2, 0) is 4.79 Å². The van der Waals surface area contributed by atoms with Gasteiger partial charge in [0.15, 0.2) is 0 Å². The molecule has 0 aliphatic heterocycles. The second-order valence-corrected chi connectivity index (χ2v) is 4.28. The zero-order valence-corrected chi connectivity index (χ0v) is 11.6. The number of aromatic nitrogens is 1. The lowest BCUT2D eigenvalue weighted by molar-refractivity contribution is -0.120. The average molecular weight is 279 g/mol. The lowest BCUT2D eigenvalue weighted by Crippen LogP contribution is -2.32. The number of nitrogens with one attached hydrogen (secondary N) is 1. The molecule has 1 aromatic heterocycles. The van der Waals surface area contributed by atoms with Gasteiger partial charge < -0.3 is 15.3 Å². The predicted molar refractivity (Wildman–Crippen MR) is 71.6 cm³/mol. The number of aryl methyl sites for hydroxylation is 1. The number of hydrogen-bond acceptors (Lipinski definition) is 4. The highest BCUT2D eigenvalue weighted by molar-refractivity contribution is 5.94. The van der Waals surface area contributed by atoms with E-state index in [-0.39, 0.29) is 41.7 Å². The number of rotatable bonds is 5. The van der Waals surface area contributed by atoms with E-state index in [0.29, 0.717) is 0 Å². The fourth-order valence-corrected chi connectivity index (χ4v) is 1.60. The van der Waals surface area contributed by atoms with Gasteiger partial charge in [-0.2, -0.15) is 0 Å². The third kappa shape index (κ3) is 3.78. The summed E-state index contributed by atoms with van der Waals surface area (Å²) >= 11 is 0. The van der Waals surface area contributed by atoms with E-state index in [1.165, 1.54) is 31.0 Å². The van der Waals surface area contributed by atoms with Crippen LogP contribution in [0.5, 0.6) is 0 Å². The number of carboxylic acid groups (broad SMARTS) is 1. The summed E-state index contributed by atoms with van der Waals surface area (Å²) in [6.07, 6.45) is 0.199. The molecule has 2 amide bonds. The van der Waals surface area contributed by atoms with Crippen molar-refractivity contribution in [2.75, 3.05) is 20.6 Å². The van der Waals surface area contributed by atoms with E-state index in [1.54, 1.807) is 7.05 Å². The molecule has 7 nitrogen and oxygen atoms in total. The monoisotopic (exact) mass is 279 g/mol. The summed E-state index contributed by atoms with van der Waals surface area (Å²) in [5, 5.41) is 11.4. The molecule has 0 aliphatic carbocycles. The average Bonchev–Trinajstić information content (AvgIpc) is 2.42. The van der Waals surface area contributed by atoms with Crippen molar-refractivity contribution in [2.45, 2.75) is 13.3 Å². The van der Waals surface area contributed by atoms with Crippen molar-refractivity contribution in [3.8, 4) is 0 Å². The highest BCUT2D eigenvalue weighted by Gasteiger charge is 2.16. The molecule has 0 aliphatic rings. The van der Waals surface area contributed by atoms with Crippen LogP contribution >= 0.6 is 0 Å². The highest BCUT2D eigenvalue weighted by Crippen LogP contribution is 2.09. The summed E-state index contributed by atoms with van der Waals surface area (Å²) in [6, 6.07) is 2.72. The topological polar surface area (TPSA) is 99.6 Å². The van der Waals surface area contributed by atoms with Gasteiger partial charge in [0.05, 0.1) is 11.3 Å². The molecule has 1 aromatic rings. The van der Waals surface area contributed by atoms with Gasteiger partial charge in [-0.1, -0.05) is 0 Å². The first-order chi connectivity index (χ1) is 9.36. The number of amides is 2. The lowest BCUT2D eigenvalue weighted by Gasteiger charge is -2.16. The molecule has 0 bridgehead atoms. The largest absolute Gasteiger partial charge is 0.478 e. The minimum Gasteiger partial charge on any atom is -0.478 e. The van der Waals surface area contributed by atoms with Gasteiger partial charge in [0.2, 0.25) is 5.91 Å². The first-order valence-corrected chi connectivity index (χ1v) is 6.03. The molecule has 0 fully saturated rings. The Morgan fingerprint density at radius 3 is 2.50 bits per heavy atom. The summed E-state index contributed by atoms with van der Waals surface area (Å²) in [5.41, 5.74) is 0.504. The van der Waals surface area contributed by atoms with Crippen molar-refractivity contribution < 1.29 is 19.5 Å². The van der Waals surface area contributed by atoms with Crippen LogP contribution in [0.4, 0.5) is 0 Å². The Labute approximate surface area is 116 Å². The van der Waals surface area contributed by atoms with E-state index in [1.807, 2.05) is 0 Å². The van der Waals surface area contributed by atoms with E-state index < -0.39 is 5.97 Å². The molecule has 108 valence electrons. The van der Waals surface area contributed by atoms with E-state index in [9.17, 15) is 14.4 Å². The van der Waals surface area contributed by atoms with Crippen molar-refractivity contribution in [2.24, 2.45) is 0 Å². The van der Waals surface area contributed by atoms with Crippen LogP contribution in [0.15, 0.2) is 12.1 Å². The molecule has 0 atom stereocenters. The Morgan fingerprint density at radius 1 is 1.35 bits per heavy atom. The zero-order chi connectivity index (χ0) is 15.3. The van der Waals surface area contributed by atoms with E-state index in [2.05, 4.69) is 10.3 Å². The van der Waals surface area contributed by atoms with Gasteiger partial charge in [0.25, 0.3) is 5.91 Å². The molecule has 0 spiro atoms. The Kier molecular flexibility index (Phi) is 5.19. The molecule has 1 heterocycles. The van der Waals surface area contributed by atoms with Gasteiger partial charge >= 0.3 is 5.97 Å². The van der Waals surface area contributed by atoms with Crippen molar-refractivity contribution in [1.29, 1.82) is 0 Å². The number of carbonyl (C=O) groups excluding carboxylic acids is 2. The van der Waals surface area contributed by atoms with Gasteiger partial charge in [-0.15, -0.1) is 0 Å². The van der Waals surface area contributed by atoms with Crippen LogP contribution in [0.25, 0.3) is 0 Å². The molecule has 0 saturated heterocycles. The van der Waals surface area contributed by atoms with E-state index in [0.717, 1.165) is 0 Å². The SMILES string of the molecule is CNC(=O)CCN(C)C(=O)c1ccc(C(=O)O)c(C)n1. The summed E-state index contributed by atoms with van der Waals surface area (Å²) in [4.78, 5) is 39.4. The van der Waals surface area contributed by atoms with Gasteiger partial charge in [0, 0.05) is 27.1 Å². The van der Waals surface area contributed by atoms with Crippen molar-refractivity contribution in [3.05, 3.63) is 29.1 Å². The molecule has 2 N–H and O–H groups in total. The van der Waals surface area contributed by atoms with Crippen molar-refractivity contribution >= 4 is 17.8 Å². The van der Waals surface area contributed by atoms with E-state index >= 15 is 0 Å². The Morgan fingerprint density at radius 2 is 2.00 bits per heavy atom. The third-order valence-corrected chi connectivity index (χ3v) is 2.84. The van der Waals surface area contributed by atoms with Crippen LogP contribution in [0.1, 0.15) is 33.0 Å². The Balaban J connectivity index is 2.79. The Bertz CT molecular complexity index is 542. The maximum absolute atomic E-state index is 12.1. The Hall–Kier alpha value is -2.44. The van der Waals surface area contributed by atoms with Crippen LogP contribution in [0.3, 0.4) is 0 Å². The van der Waals surface area contributed by atoms with Crippen LogP contribution in [0.2, 0.25) is 0 Å². The van der Waals surface area contributed by atoms with Gasteiger partial charge in [-0.05, 0) is 19.1 Å². The maximum atomic E-state index is 12.1. The van der Waals surface area contributed by atoms with Crippen molar-refractivity contribution in [3.63, 3.8) is 0 Å². The molecule has 1 rings (SSSR count). The second-order valence-electron chi connectivity index (χ2n) is 4.28. The summed E-state index contributed by atoms with van der Waals surface area (Å²) in [5.74, 6) is -1.59. The van der Waals surface area contributed by atoms with Crippen LogP contribution < -0.4 is 5.32 Å². The molecular weight excluding hydrogens is 262 g/mol. The molecule has 20 heavy (non-hydrogen) atoms. The smallest absolute Gasteiger partial charge is 0.337 e.